The van der Waals surface area contributed by atoms with Gasteiger partial charge in [0.25, 0.3) is 0 Å². The SMILES string of the molecule is CCCNC(C)c1ncc(-c2ccc(Cl)c(F)c2)o1. The Labute approximate surface area is 116 Å². The molecule has 0 fully saturated rings. The Morgan fingerprint density at radius 2 is 2.26 bits per heavy atom. The molecule has 0 amide bonds. The van der Waals surface area contributed by atoms with Gasteiger partial charge in [0.1, 0.15) is 5.82 Å². The van der Waals surface area contributed by atoms with Gasteiger partial charge in [-0.05, 0) is 38.1 Å². The van der Waals surface area contributed by atoms with Gasteiger partial charge in [-0.3, -0.25) is 0 Å². The molecule has 5 heteroatoms. The molecule has 2 rings (SSSR count). The molecular formula is C14H16ClFN2O. The van der Waals surface area contributed by atoms with Crippen LogP contribution >= 0.6 is 11.6 Å². The van der Waals surface area contributed by atoms with Crippen molar-refractivity contribution < 1.29 is 8.81 Å². The number of rotatable bonds is 5. The molecule has 0 saturated carbocycles. The minimum absolute atomic E-state index is 0.0332. The van der Waals surface area contributed by atoms with Crippen LogP contribution in [0.3, 0.4) is 0 Å². The first-order valence-electron chi connectivity index (χ1n) is 6.26. The standard InChI is InChI=1S/C14H16ClFN2O/c1-3-6-17-9(2)14-18-8-13(19-14)10-4-5-11(15)12(16)7-10/h4-5,7-9,17H,3,6H2,1-2H3. The van der Waals surface area contributed by atoms with Crippen LogP contribution in [0.25, 0.3) is 11.3 Å². The largest absolute Gasteiger partial charge is 0.439 e. The molecule has 1 aromatic heterocycles. The number of nitrogens with one attached hydrogen (secondary N) is 1. The van der Waals surface area contributed by atoms with E-state index in [2.05, 4.69) is 17.2 Å². The van der Waals surface area contributed by atoms with Crippen molar-refractivity contribution in [3.63, 3.8) is 0 Å². The number of oxazole rings is 1. The van der Waals surface area contributed by atoms with Gasteiger partial charge < -0.3 is 9.73 Å². The summed E-state index contributed by atoms with van der Waals surface area (Å²) in [5.74, 6) is 0.670. The molecular weight excluding hydrogens is 267 g/mol. The van der Waals surface area contributed by atoms with Gasteiger partial charge in [-0.1, -0.05) is 18.5 Å². The zero-order chi connectivity index (χ0) is 13.8. The Hall–Kier alpha value is -1.39. The van der Waals surface area contributed by atoms with Crippen molar-refractivity contribution in [2.75, 3.05) is 6.54 Å². The second kappa shape index (κ2) is 6.17. The third-order valence-electron chi connectivity index (χ3n) is 2.80. The van der Waals surface area contributed by atoms with E-state index in [1.807, 2.05) is 6.92 Å². The van der Waals surface area contributed by atoms with E-state index in [0.29, 0.717) is 17.2 Å². The molecule has 1 N–H and O–H groups in total. The van der Waals surface area contributed by atoms with E-state index in [0.717, 1.165) is 13.0 Å². The second-order valence-corrected chi connectivity index (χ2v) is 4.77. The fraction of sp³-hybridized carbons (Fsp3) is 0.357. The molecule has 0 radical (unpaired) electrons. The number of halogens is 2. The van der Waals surface area contributed by atoms with Crippen LogP contribution in [0.15, 0.2) is 28.8 Å². The van der Waals surface area contributed by atoms with Crippen LogP contribution in [0.1, 0.15) is 32.2 Å². The molecule has 3 nitrogen and oxygen atoms in total. The monoisotopic (exact) mass is 282 g/mol. The van der Waals surface area contributed by atoms with Gasteiger partial charge in [0.15, 0.2) is 5.76 Å². The third-order valence-corrected chi connectivity index (χ3v) is 3.11. The summed E-state index contributed by atoms with van der Waals surface area (Å²) in [5, 5.41) is 3.38. The predicted octanol–water partition coefficient (Wildman–Crippen LogP) is 4.19. The molecule has 0 aliphatic heterocycles. The van der Waals surface area contributed by atoms with E-state index in [-0.39, 0.29) is 11.1 Å². The molecule has 102 valence electrons. The Bertz CT molecular complexity index is 556. The van der Waals surface area contributed by atoms with Gasteiger partial charge in [0, 0.05) is 5.56 Å². The lowest BCUT2D eigenvalue weighted by Crippen LogP contribution is -2.19. The molecule has 2 aromatic rings. The highest BCUT2D eigenvalue weighted by Gasteiger charge is 2.13. The smallest absolute Gasteiger partial charge is 0.211 e. The van der Waals surface area contributed by atoms with Gasteiger partial charge in [-0.2, -0.15) is 0 Å². The molecule has 1 heterocycles. The summed E-state index contributed by atoms with van der Waals surface area (Å²) in [6.45, 7) is 4.97. The van der Waals surface area contributed by atoms with Crippen molar-refractivity contribution in [2.45, 2.75) is 26.3 Å². The average molecular weight is 283 g/mol. The molecule has 0 saturated heterocycles. The number of hydrogen-bond acceptors (Lipinski definition) is 3. The summed E-state index contributed by atoms with van der Waals surface area (Å²) >= 11 is 5.65. The summed E-state index contributed by atoms with van der Waals surface area (Å²) < 4.78 is 19.0. The summed E-state index contributed by atoms with van der Waals surface area (Å²) in [5.41, 5.74) is 0.628. The maximum absolute atomic E-state index is 13.4. The van der Waals surface area contributed by atoms with Crippen LogP contribution in [-0.4, -0.2) is 11.5 Å². The number of hydrogen-bond donors (Lipinski definition) is 1. The molecule has 0 bridgehead atoms. The van der Waals surface area contributed by atoms with Crippen LogP contribution < -0.4 is 5.32 Å². The van der Waals surface area contributed by atoms with Crippen molar-refractivity contribution in [3.8, 4) is 11.3 Å². The Kier molecular flexibility index (Phi) is 4.56. The lowest BCUT2D eigenvalue weighted by atomic mass is 10.2. The lowest BCUT2D eigenvalue weighted by Gasteiger charge is -2.08. The van der Waals surface area contributed by atoms with Crippen molar-refractivity contribution in [1.82, 2.24) is 10.3 Å². The van der Waals surface area contributed by atoms with E-state index in [9.17, 15) is 4.39 Å². The average Bonchev–Trinajstić information content (AvgIpc) is 2.89. The van der Waals surface area contributed by atoms with Gasteiger partial charge >= 0.3 is 0 Å². The number of aromatic nitrogens is 1. The first-order chi connectivity index (χ1) is 9.11. The first-order valence-corrected chi connectivity index (χ1v) is 6.64. The number of benzene rings is 1. The second-order valence-electron chi connectivity index (χ2n) is 4.37. The normalized spacial score (nSPS) is 12.6. The molecule has 0 spiro atoms. The van der Waals surface area contributed by atoms with Crippen LogP contribution in [0.2, 0.25) is 5.02 Å². The summed E-state index contributed by atoms with van der Waals surface area (Å²) in [6.07, 6.45) is 2.64. The summed E-state index contributed by atoms with van der Waals surface area (Å²) in [7, 11) is 0. The predicted molar refractivity (Wildman–Crippen MR) is 73.6 cm³/mol. The van der Waals surface area contributed by atoms with Crippen molar-refractivity contribution in [3.05, 3.63) is 41.1 Å². The van der Waals surface area contributed by atoms with E-state index >= 15 is 0 Å². The van der Waals surface area contributed by atoms with Gasteiger partial charge in [0.05, 0.1) is 17.3 Å². The minimum atomic E-state index is -0.464. The lowest BCUT2D eigenvalue weighted by molar-refractivity contribution is 0.423. The van der Waals surface area contributed by atoms with Crippen molar-refractivity contribution >= 4 is 11.6 Å². The van der Waals surface area contributed by atoms with Gasteiger partial charge in [-0.15, -0.1) is 0 Å². The van der Waals surface area contributed by atoms with Gasteiger partial charge in [-0.25, -0.2) is 9.37 Å². The Balaban J connectivity index is 2.18. The highest BCUT2D eigenvalue weighted by Crippen LogP contribution is 2.26. The van der Waals surface area contributed by atoms with Crippen LogP contribution in [-0.2, 0) is 0 Å². The Morgan fingerprint density at radius 1 is 1.47 bits per heavy atom. The summed E-state index contributed by atoms with van der Waals surface area (Å²) in [4.78, 5) is 4.21. The molecule has 1 aromatic carbocycles. The summed E-state index contributed by atoms with van der Waals surface area (Å²) in [6, 6.07) is 4.59. The molecule has 0 aliphatic rings. The topological polar surface area (TPSA) is 38.1 Å². The van der Waals surface area contributed by atoms with Crippen LogP contribution in [0.4, 0.5) is 4.39 Å². The van der Waals surface area contributed by atoms with E-state index in [4.69, 9.17) is 16.0 Å². The molecule has 0 aliphatic carbocycles. The van der Waals surface area contributed by atoms with Crippen molar-refractivity contribution in [2.24, 2.45) is 0 Å². The first kappa shape index (κ1) is 14.0. The zero-order valence-electron chi connectivity index (χ0n) is 10.9. The molecule has 1 atom stereocenters. The molecule has 1 unspecified atom stereocenters. The van der Waals surface area contributed by atoms with Crippen molar-refractivity contribution in [1.29, 1.82) is 0 Å². The fourth-order valence-electron chi connectivity index (χ4n) is 1.72. The Morgan fingerprint density at radius 3 is 2.95 bits per heavy atom. The fourth-order valence-corrected chi connectivity index (χ4v) is 1.84. The molecule has 19 heavy (non-hydrogen) atoms. The zero-order valence-corrected chi connectivity index (χ0v) is 11.7. The third kappa shape index (κ3) is 3.33. The van der Waals surface area contributed by atoms with E-state index in [1.165, 1.54) is 12.1 Å². The number of nitrogens with zero attached hydrogens (tertiary/aromatic N) is 1. The van der Waals surface area contributed by atoms with Crippen LogP contribution in [0.5, 0.6) is 0 Å². The van der Waals surface area contributed by atoms with Crippen LogP contribution in [0, 0.1) is 5.82 Å². The highest BCUT2D eigenvalue weighted by molar-refractivity contribution is 6.30. The quantitative estimate of drug-likeness (QED) is 0.893. The van der Waals surface area contributed by atoms with Gasteiger partial charge in [0.2, 0.25) is 5.89 Å². The minimum Gasteiger partial charge on any atom is -0.439 e. The maximum atomic E-state index is 13.4. The maximum Gasteiger partial charge on any atom is 0.211 e. The highest BCUT2D eigenvalue weighted by atomic mass is 35.5. The van der Waals surface area contributed by atoms with E-state index in [1.54, 1.807) is 12.3 Å². The van der Waals surface area contributed by atoms with E-state index < -0.39 is 5.82 Å².